The van der Waals surface area contributed by atoms with Crippen LogP contribution in [0.2, 0.25) is 0 Å². The fourth-order valence-electron chi connectivity index (χ4n) is 2.71. The summed E-state index contributed by atoms with van der Waals surface area (Å²) in [6.07, 6.45) is 0. The number of hydrogen-bond donors (Lipinski definition) is 1. The minimum Gasteiger partial charge on any atom is -0.482 e. The van der Waals surface area contributed by atoms with Gasteiger partial charge in [-0.05, 0) is 46.3 Å². The normalized spacial score (nSPS) is 13.1. The first-order chi connectivity index (χ1) is 13.0. The van der Waals surface area contributed by atoms with Crippen LogP contribution >= 0.6 is 27.3 Å². The van der Waals surface area contributed by atoms with Crippen LogP contribution in [0.1, 0.15) is 10.4 Å². The van der Waals surface area contributed by atoms with Crippen LogP contribution in [-0.2, 0) is 4.79 Å². The molecule has 0 atom stereocenters. The van der Waals surface area contributed by atoms with E-state index in [-0.39, 0.29) is 18.4 Å². The topological polar surface area (TPSA) is 71.5 Å². The molecule has 4 rings (SSSR count). The molecule has 0 fully saturated rings. The Kier molecular flexibility index (Phi) is 4.67. The highest BCUT2D eigenvalue weighted by Gasteiger charge is 2.23. The minimum absolute atomic E-state index is 0.0464. The number of aromatic nitrogens is 1. The van der Waals surface area contributed by atoms with Crippen molar-refractivity contribution in [3.8, 4) is 17.0 Å². The summed E-state index contributed by atoms with van der Waals surface area (Å²) in [4.78, 5) is 30.3. The van der Waals surface area contributed by atoms with Gasteiger partial charge in [0.2, 0.25) is 0 Å². The number of nitrogens with one attached hydrogen (secondary N) is 1. The lowest BCUT2D eigenvalue weighted by Gasteiger charge is -2.26. The Bertz CT molecular complexity index is 1050. The molecule has 6 nitrogen and oxygen atoms in total. The standard InChI is InChI=1S/C19H14BrN3O3S/c1-23-15-8-11(6-7-16(15)26-9-17(23)24)14-10-27-19(21-14)22-18(25)12-4-2-3-5-13(12)20/h2-8,10H,9H2,1H3,(H,21,22,25). The van der Waals surface area contributed by atoms with Crippen LogP contribution in [0.5, 0.6) is 5.75 Å². The van der Waals surface area contributed by atoms with Gasteiger partial charge in [0.25, 0.3) is 11.8 Å². The van der Waals surface area contributed by atoms with Gasteiger partial charge in [-0.15, -0.1) is 11.3 Å². The van der Waals surface area contributed by atoms with Gasteiger partial charge in [0.1, 0.15) is 5.75 Å². The number of thiazole rings is 1. The molecule has 1 N–H and O–H groups in total. The van der Waals surface area contributed by atoms with E-state index in [4.69, 9.17) is 4.74 Å². The van der Waals surface area contributed by atoms with E-state index in [2.05, 4.69) is 26.2 Å². The number of nitrogens with zero attached hydrogens (tertiary/aromatic N) is 2. The van der Waals surface area contributed by atoms with Crippen molar-refractivity contribution in [2.45, 2.75) is 0 Å². The molecular formula is C19H14BrN3O3S. The molecule has 0 spiro atoms. The van der Waals surface area contributed by atoms with Crippen molar-refractivity contribution >= 4 is 49.9 Å². The highest BCUT2D eigenvalue weighted by molar-refractivity contribution is 9.10. The van der Waals surface area contributed by atoms with Crippen LogP contribution < -0.4 is 15.0 Å². The lowest BCUT2D eigenvalue weighted by molar-refractivity contribution is -0.120. The molecule has 8 heteroatoms. The zero-order valence-electron chi connectivity index (χ0n) is 14.2. The lowest BCUT2D eigenvalue weighted by Crippen LogP contribution is -2.35. The number of anilines is 2. The van der Waals surface area contributed by atoms with Gasteiger partial charge >= 0.3 is 0 Å². The van der Waals surface area contributed by atoms with Crippen LogP contribution in [0.25, 0.3) is 11.3 Å². The molecule has 1 aromatic heterocycles. The van der Waals surface area contributed by atoms with E-state index in [1.54, 1.807) is 24.1 Å². The first-order valence-corrected chi connectivity index (χ1v) is 9.75. The lowest BCUT2D eigenvalue weighted by atomic mass is 10.1. The number of hydrogen-bond acceptors (Lipinski definition) is 5. The van der Waals surface area contributed by atoms with Crippen LogP contribution in [0.15, 0.2) is 52.3 Å². The number of carbonyl (C=O) groups excluding carboxylic acids is 2. The predicted molar refractivity (Wildman–Crippen MR) is 109 cm³/mol. The van der Waals surface area contributed by atoms with Gasteiger partial charge in [0.05, 0.1) is 16.9 Å². The molecular weight excluding hydrogens is 430 g/mol. The molecule has 0 saturated carbocycles. The summed E-state index contributed by atoms with van der Waals surface area (Å²) >= 11 is 4.72. The molecule has 27 heavy (non-hydrogen) atoms. The Morgan fingerprint density at radius 3 is 2.93 bits per heavy atom. The van der Waals surface area contributed by atoms with Crippen molar-refractivity contribution in [2.75, 3.05) is 23.9 Å². The molecule has 2 aromatic carbocycles. The predicted octanol–water partition coefficient (Wildman–Crippen LogP) is 4.18. The first kappa shape index (κ1) is 17.7. The maximum Gasteiger partial charge on any atom is 0.264 e. The molecule has 0 bridgehead atoms. The molecule has 3 aromatic rings. The molecule has 0 saturated heterocycles. The van der Waals surface area contributed by atoms with Gasteiger partial charge in [0, 0.05) is 22.5 Å². The maximum atomic E-state index is 12.4. The highest BCUT2D eigenvalue weighted by Crippen LogP contribution is 2.36. The summed E-state index contributed by atoms with van der Waals surface area (Å²) < 4.78 is 6.17. The largest absolute Gasteiger partial charge is 0.482 e. The Labute approximate surface area is 167 Å². The van der Waals surface area contributed by atoms with E-state index in [1.165, 1.54) is 11.3 Å². The Morgan fingerprint density at radius 2 is 2.11 bits per heavy atom. The van der Waals surface area contributed by atoms with Crippen LogP contribution in [0.3, 0.4) is 0 Å². The van der Waals surface area contributed by atoms with Gasteiger partial charge in [-0.1, -0.05) is 12.1 Å². The van der Waals surface area contributed by atoms with E-state index >= 15 is 0 Å². The smallest absolute Gasteiger partial charge is 0.264 e. The average molecular weight is 444 g/mol. The molecule has 0 radical (unpaired) electrons. The van der Waals surface area contributed by atoms with E-state index < -0.39 is 0 Å². The summed E-state index contributed by atoms with van der Waals surface area (Å²) in [5.41, 5.74) is 2.81. The summed E-state index contributed by atoms with van der Waals surface area (Å²) in [7, 11) is 1.72. The zero-order chi connectivity index (χ0) is 19.0. The first-order valence-electron chi connectivity index (χ1n) is 8.08. The summed E-state index contributed by atoms with van der Waals surface area (Å²) in [5.74, 6) is 0.338. The van der Waals surface area contributed by atoms with Crippen LogP contribution in [0.4, 0.5) is 10.8 Å². The van der Waals surface area contributed by atoms with Crippen molar-refractivity contribution in [3.05, 3.63) is 57.9 Å². The van der Waals surface area contributed by atoms with E-state index in [9.17, 15) is 9.59 Å². The molecule has 1 aliphatic rings. The Morgan fingerprint density at radius 1 is 1.30 bits per heavy atom. The third-order valence-corrected chi connectivity index (χ3v) is 5.63. The molecule has 2 amide bonds. The summed E-state index contributed by atoms with van der Waals surface area (Å²) in [5, 5.41) is 5.18. The minimum atomic E-state index is -0.229. The molecule has 136 valence electrons. The monoisotopic (exact) mass is 443 g/mol. The van der Waals surface area contributed by atoms with Crippen molar-refractivity contribution < 1.29 is 14.3 Å². The van der Waals surface area contributed by atoms with Crippen molar-refractivity contribution in [2.24, 2.45) is 0 Å². The fourth-order valence-corrected chi connectivity index (χ4v) is 3.88. The third-order valence-electron chi connectivity index (χ3n) is 4.18. The maximum absolute atomic E-state index is 12.4. The van der Waals surface area contributed by atoms with Gasteiger partial charge in [-0.3, -0.25) is 14.9 Å². The molecule has 1 aliphatic heterocycles. The van der Waals surface area contributed by atoms with E-state index in [0.717, 1.165) is 15.7 Å². The molecule has 2 heterocycles. The van der Waals surface area contributed by atoms with Crippen molar-refractivity contribution in [1.82, 2.24) is 4.98 Å². The highest BCUT2D eigenvalue weighted by atomic mass is 79.9. The zero-order valence-corrected chi connectivity index (χ0v) is 16.6. The van der Waals surface area contributed by atoms with Gasteiger partial charge < -0.3 is 9.64 Å². The van der Waals surface area contributed by atoms with Gasteiger partial charge in [0.15, 0.2) is 11.7 Å². The number of benzene rings is 2. The van der Waals surface area contributed by atoms with Gasteiger partial charge in [-0.2, -0.15) is 0 Å². The van der Waals surface area contributed by atoms with E-state index in [1.807, 2.05) is 35.7 Å². The quantitative estimate of drug-likeness (QED) is 0.658. The van der Waals surface area contributed by atoms with Crippen LogP contribution in [0, 0.1) is 0 Å². The second-order valence-corrected chi connectivity index (χ2v) is 7.61. The van der Waals surface area contributed by atoms with Crippen molar-refractivity contribution in [3.63, 3.8) is 0 Å². The van der Waals surface area contributed by atoms with Gasteiger partial charge in [-0.25, -0.2) is 4.98 Å². The Hall–Kier alpha value is -2.71. The number of ether oxygens (including phenoxy) is 1. The number of likely N-dealkylation sites (N-methyl/N-ethyl adjacent to an activating group) is 1. The number of fused-ring (bicyclic) bond motifs is 1. The second-order valence-electron chi connectivity index (χ2n) is 5.90. The number of rotatable bonds is 3. The number of halogens is 1. The summed E-state index contributed by atoms with van der Waals surface area (Å²) in [6.45, 7) is 0.0464. The van der Waals surface area contributed by atoms with Crippen molar-refractivity contribution in [1.29, 1.82) is 0 Å². The summed E-state index contributed by atoms with van der Waals surface area (Å²) in [6, 6.07) is 12.8. The van der Waals surface area contributed by atoms with E-state index in [0.29, 0.717) is 22.1 Å². The second kappa shape index (κ2) is 7.13. The Balaban J connectivity index is 1.57. The SMILES string of the molecule is CN1C(=O)COc2ccc(-c3csc(NC(=O)c4ccccc4Br)n3)cc21. The molecule has 0 unspecified atom stereocenters. The van der Waals surface area contributed by atoms with Crippen LogP contribution in [-0.4, -0.2) is 30.5 Å². The average Bonchev–Trinajstić information content (AvgIpc) is 3.13. The number of amides is 2. The fraction of sp³-hybridized carbons (Fsp3) is 0.105. The third kappa shape index (κ3) is 3.45. The number of carbonyl (C=O) groups is 2. The molecule has 0 aliphatic carbocycles.